The molecular weight excluding hydrogens is 395 g/mol. The zero-order chi connectivity index (χ0) is 21.8. The van der Waals surface area contributed by atoms with Gasteiger partial charge in [0, 0.05) is 37.0 Å². The van der Waals surface area contributed by atoms with Gasteiger partial charge >= 0.3 is 0 Å². The number of phenolic OH excluding ortho intramolecular Hbond substituents is 1. The molecular formula is C23H27FN6O. The molecule has 0 spiro atoms. The lowest BCUT2D eigenvalue weighted by Crippen LogP contribution is -2.70. The van der Waals surface area contributed by atoms with Crippen molar-refractivity contribution in [1.82, 2.24) is 25.1 Å². The van der Waals surface area contributed by atoms with E-state index in [4.69, 9.17) is 0 Å². The number of imidazole rings is 1. The van der Waals surface area contributed by atoms with E-state index in [2.05, 4.69) is 20.5 Å². The van der Waals surface area contributed by atoms with Crippen LogP contribution in [0.2, 0.25) is 0 Å². The Morgan fingerprint density at radius 1 is 1.26 bits per heavy atom. The van der Waals surface area contributed by atoms with Gasteiger partial charge in [0.2, 0.25) is 0 Å². The summed E-state index contributed by atoms with van der Waals surface area (Å²) in [4.78, 5) is 6.14. The smallest absolute Gasteiger partial charge is 0.151 e. The quantitative estimate of drug-likeness (QED) is 0.672. The molecule has 1 aromatic carbocycles. The Labute approximate surface area is 180 Å². The molecule has 4 atom stereocenters. The minimum Gasteiger partial charge on any atom is -0.507 e. The van der Waals surface area contributed by atoms with Crippen molar-refractivity contribution in [2.24, 2.45) is 5.92 Å². The van der Waals surface area contributed by atoms with Crippen molar-refractivity contribution < 1.29 is 9.50 Å². The second-order valence-corrected chi connectivity index (χ2v) is 9.00. The van der Waals surface area contributed by atoms with Crippen LogP contribution in [0.4, 0.5) is 10.2 Å². The SMILES string of the molecule is Cc1cn(-c2ccc(-c3ccc(N(C)[C@H]4C5CC[C@](C)(NC5)[C@@H]4F)nn3)c(O)c2)cn1. The first kappa shape index (κ1) is 19.9. The van der Waals surface area contributed by atoms with E-state index >= 15 is 4.39 Å². The highest BCUT2D eigenvalue weighted by Gasteiger charge is 2.53. The number of nitrogens with zero attached hydrogens (tertiary/aromatic N) is 5. The number of hydrogen-bond donors (Lipinski definition) is 2. The third-order valence-corrected chi connectivity index (χ3v) is 6.92. The van der Waals surface area contributed by atoms with Crippen LogP contribution in [0.1, 0.15) is 25.5 Å². The largest absolute Gasteiger partial charge is 0.507 e. The van der Waals surface area contributed by atoms with Gasteiger partial charge in [-0.05, 0) is 56.9 Å². The Balaban J connectivity index is 1.38. The number of nitrogens with one attached hydrogen (secondary N) is 1. The molecule has 8 heteroatoms. The van der Waals surface area contributed by atoms with Crippen LogP contribution in [0, 0.1) is 12.8 Å². The molecule has 2 saturated heterocycles. The average molecular weight is 423 g/mol. The van der Waals surface area contributed by atoms with Crippen molar-refractivity contribution >= 4 is 5.82 Å². The number of aromatic nitrogens is 4. The van der Waals surface area contributed by atoms with Crippen molar-refractivity contribution in [2.45, 2.75) is 44.4 Å². The Hall–Kier alpha value is -3.00. The molecule has 0 radical (unpaired) electrons. The number of hydrogen-bond acceptors (Lipinski definition) is 6. The standard InChI is InChI=1S/C23H27FN6O/c1-14-12-30(13-25-14)16-4-5-17(19(31)10-16)18-6-7-20(28-27-18)29(3)21-15-8-9-23(2,22(21)24)26-11-15/h4-7,10,12-13,15,21-22,26,31H,8-9,11H2,1-3H3/t15?,21-,22+,23-/m0/s1. The van der Waals surface area contributed by atoms with Crippen molar-refractivity contribution in [3.63, 3.8) is 0 Å². The van der Waals surface area contributed by atoms with E-state index < -0.39 is 11.7 Å². The fraction of sp³-hybridized carbons (Fsp3) is 0.435. The van der Waals surface area contributed by atoms with Crippen LogP contribution >= 0.6 is 0 Å². The lowest BCUT2D eigenvalue weighted by atomic mass is 9.68. The lowest BCUT2D eigenvalue weighted by molar-refractivity contribution is 0.0102. The van der Waals surface area contributed by atoms with Gasteiger partial charge in [-0.2, -0.15) is 0 Å². The van der Waals surface area contributed by atoms with Crippen molar-refractivity contribution in [3.8, 4) is 22.7 Å². The predicted molar refractivity (Wildman–Crippen MR) is 117 cm³/mol. The average Bonchev–Trinajstić information content (AvgIpc) is 3.21. The van der Waals surface area contributed by atoms with Gasteiger partial charge in [-0.1, -0.05) is 0 Å². The second kappa shape index (κ2) is 7.30. The van der Waals surface area contributed by atoms with Crippen molar-refractivity contribution in [3.05, 3.63) is 48.5 Å². The normalized spacial score (nSPS) is 27.4. The van der Waals surface area contributed by atoms with E-state index in [1.165, 1.54) is 0 Å². The topological polar surface area (TPSA) is 79.1 Å². The van der Waals surface area contributed by atoms with Crippen molar-refractivity contribution in [1.29, 1.82) is 0 Å². The fourth-order valence-corrected chi connectivity index (χ4v) is 4.96. The highest BCUT2D eigenvalue weighted by atomic mass is 19.1. The number of alkyl halides is 1. The van der Waals surface area contributed by atoms with Gasteiger partial charge < -0.3 is 19.9 Å². The monoisotopic (exact) mass is 422 g/mol. The summed E-state index contributed by atoms with van der Waals surface area (Å²) in [7, 11) is 1.89. The first-order valence-electron chi connectivity index (χ1n) is 10.7. The number of anilines is 1. The van der Waals surface area contributed by atoms with E-state index in [9.17, 15) is 5.11 Å². The van der Waals surface area contributed by atoms with Gasteiger partial charge in [0.25, 0.3) is 0 Å². The number of benzene rings is 1. The molecule has 1 saturated carbocycles. The van der Waals surface area contributed by atoms with E-state index in [0.717, 1.165) is 30.8 Å². The third-order valence-electron chi connectivity index (χ3n) is 6.92. The number of aryl methyl sites for hydroxylation is 1. The summed E-state index contributed by atoms with van der Waals surface area (Å²) in [6.45, 7) is 4.72. The molecule has 2 aliphatic heterocycles. The van der Waals surface area contributed by atoms with E-state index in [1.54, 1.807) is 12.4 Å². The fourth-order valence-electron chi connectivity index (χ4n) is 4.96. The maximum Gasteiger partial charge on any atom is 0.151 e. The molecule has 2 aromatic heterocycles. The maximum absolute atomic E-state index is 15.2. The van der Waals surface area contributed by atoms with Gasteiger partial charge in [-0.15, -0.1) is 10.2 Å². The highest BCUT2D eigenvalue weighted by Crippen LogP contribution is 2.42. The first-order valence-corrected chi connectivity index (χ1v) is 10.7. The predicted octanol–water partition coefficient (Wildman–Crippen LogP) is 3.26. The van der Waals surface area contributed by atoms with Crippen LogP contribution in [-0.4, -0.2) is 56.2 Å². The summed E-state index contributed by atoms with van der Waals surface area (Å²) >= 11 is 0. The number of halogens is 1. The van der Waals surface area contributed by atoms with Crippen LogP contribution in [0.3, 0.4) is 0 Å². The number of aromatic hydroxyl groups is 1. The molecule has 3 aromatic rings. The Morgan fingerprint density at radius 2 is 2.10 bits per heavy atom. The molecule has 4 heterocycles. The van der Waals surface area contributed by atoms with Crippen molar-refractivity contribution in [2.75, 3.05) is 18.5 Å². The molecule has 3 aliphatic rings. The number of piperidine rings is 2. The van der Waals surface area contributed by atoms with Gasteiger partial charge in [0.1, 0.15) is 11.9 Å². The molecule has 3 fully saturated rings. The number of fused-ring (bicyclic) bond motifs is 3. The van der Waals surface area contributed by atoms with Gasteiger partial charge in [0.15, 0.2) is 5.82 Å². The lowest BCUT2D eigenvalue weighted by Gasteiger charge is -2.54. The molecule has 162 valence electrons. The Morgan fingerprint density at radius 3 is 2.71 bits per heavy atom. The molecule has 7 nitrogen and oxygen atoms in total. The minimum atomic E-state index is -0.963. The number of phenols is 1. The summed E-state index contributed by atoms with van der Waals surface area (Å²) < 4.78 is 17.1. The molecule has 31 heavy (non-hydrogen) atoms. The van der Waals surface area contributed by atoms with Gasteiger partial charge in [-0.3, -0.25) is 0 Å². The Bertz CT molecular complexity index is 1090. The van der Waals surface area contributed by atoms with Crippen LogP contribution in [0.5, 0.6) is 5.75 Å². The van der Waals surface area contributed by atoms with E-state index in [0.29, 0.717) is 17.1 Å². The number of rotatable bonds is 4. The zero-order valence-corrected chi connectivity index (χ0v) is 18.0. The summed E-state index contributed by atoms with van der Waals surface area (Å²) in [5.41, 5.74) is 2.41. The zero-order valence-electron chi connectivity index (χ0n) is 18.0. The molecule has 0 amide bonds. The molecule has 2 bridgehead atoms. The summed E-state index contributed by atoms with van der Waals surface area (Å²) in [6, 6.07) is 8.85. The Kier molecular flexibility index (Phi) is 4.69. The van der Waals surface area contributed by atoms with E-state index in [1.807, 2.05) is 60.8 Å². The minimum absolute atomic E-state index is 0.117. The molecule has 1 aliphatic carbocycles. The summed E-state index contributed by atoms with van der Waals surface area (Å²) in [6.07, 6.45) is 4.52. The van der Waals surface area contributed by atoms with Crippen LogP contribution in [0.15, 0.2) is 42.9 Å². The van der Waals surface area contributed by atoms with E-state index in [-0.39, 0.29) is 17.7 Å². The second-order valence-electron chi connectivity index (χ2n) is 9.00. The molecule has 6 rings (SSSR count). The molecule has 2 N–H and O–H groups in total. The van der Waals surface area contributed by atoms with Crippen LogP contribution in [0.25, 0.3) is 16.9 Å². The van der Waals surface area contributed by atoms with Gasteiger partial charge in [0.05, 0.1) is 29.4 Å². The van der Waals surface area contributed by atoms with Crippen LogP contribution < -0.4 is 10.2 Å². The summed E-state index contributed by atoms with van der Waals surface area (Å²) in [5, 5.41) is 22.6. The first-order chi connectivity index (χ1) is 14.9. The van der Waals surface area contributed by atoms with Crippen LogP contribution in [-0.2, 0) is 0 Å². The summed E-state index contributed by atoms with van der Waals surface area (Å²) in [5.74, 6) is 1.01. The molecule has 1 unspecified atom stereocenters. The maximum atomic E-state index is 15.2. The van der Waals surface area contributed by atoms with Gasteiger partial charge in [-0.25, -0.2) is 9.37 Å². The highest BCUT2D eigenvalue weighted by molar-refractivity contribution is 5.69. The third kappa shape index (κ3) is 3.35.